The number of carbonyl (C=O) groups excluding carboxylic acids is 1. The Morgan fingerprint density at radius 1 is 1.26 bits per heavy atom. The number of hydrogen-bond donors (Lipinski definition) is 1. The summed E-state index contributed by atoms with van der Waals surface area (Å²) in [6, 6.07) is 11.9. The summed E-state index contributed by atoms with van der Waals surface area (Å²) in [6.07, 6.45) is 4.28. The summed E-state index contributed by atoms with van der Waals surface area (Å²) in [5, 5.41) is 2.97. The predicted molar refractivity (Wildman–Crippen MR) is 95.2 cm³/mol. The SMILES string of the molecule is CSc1cccc(NC(=O)Cc2c(C)nc3c(C)cccn23)c1. The fraction of sp³-hybridized carbons (Fsp3) is 0.222. The van der Waals surface area contributed by atoms with Gasteiger partial charge in [-0.25, -0.2) is 4.98 Å². The molecule has 0 aliphatic rings. The maximum absolute atomic E-state index is 12.4. The Bertz CT molecular complexity index is 870. The molecule has 5 heteroatoms. The second-order valence-corrected chi connectivity index (χ2v) is 6.37. The highest BCUT2D eigenvalue weighted by atomic mass is 32.2. The third-order valence-corrected chi connectivity index (χ3v) is 4.55. The van der Waals surface area contributed by atoms with Gasteiger partial charge in [-0.1, -0.05) is 12.1 Å². The molecule has 1 N–H and O–H groups in total. The number of fused-ring (bicyclic) bond motifs is 1. The molecule has 2 heterocycles. The Balaban J connectivity index is 1.83. The third-order valence-electron chi connectivity index (χ3n) is 3.83. The number of benzene rings is 1. The molecule has 0 spiro atoms. The first-order chi connectivity index (χ1) is 11.1. The molecular formula is C18H19N3OS. The molecule has 23 heavy (non-hydrogen) atoms. The van der Waals surface area contributed by atoms with Crippen molar-refractivity contribution in [1.29, 1.82) is 0 Å². The zero-order chi connectivity index (χ0) is 16.4. The number of thioether (sulfide) groups is 1. The molecule has 0 saturated heterocycles. The number of rotatable bonds is 4. The highest BCUT2D eigenvalue weighted by Crippen LogP contribution is 2.20. The zero-order valence-corrected chi connectivity index (χ0v) is 14.3. The van der Waals surface area contributed by atoms with E-state index >= 15 is 0 Å². The lowest BCUT2D eigenvalue weighted by molar-refractivity contribution is -0.115. The molecule has 0 radical (unpaired) electrons. The molecule has 0 bridgehead atoms. The third kappa shape index (κ3) is 3.24. The lowest BCUT2D eigenvalue weighted by Gasteiger charge is -2.07. The average molecular weight is 325 g/mol. The van der Waals surface area contributed by atoms with Crippen molar-refractivity contribution < 1.29 is 4.79 Å². The van der Waals surface area contributed by atoms with Gasteiger partial charge in [0.25, 0.3) is 0 Å². The topological polar surface area (TPSA) is 46.4 Å². The van der Waals surface area contributed by atoms with E-state index in [4.69, 9.17) is 0 Å². The van der Waals surface area contributed by atoms with E-state index in [1.807, 2.05) is 67.1 Å². The van der Waals surface area contributed by atoms with E-state index in [1.165, 1.54) is 0 Å². The van der Waals surface area contributed by atoms with Gasteiger partial charge in [-0.2, -0.15) is 0 Å². The van der Waals surface area contributed by atoms with Crippen LogP contribution in [0.15, 0.2) is 47.5 Å². The number of aryl methyl sites for hydroxylation is 2. The molecule has 0 aliphatic carbocycles. The van der Waals surface area contributed by atoms with Crippen molar-refractivity contribution >= 4 is 29.0 Å². The van der Waals surface area contributed by atoms with E-state index in [-0.39, 0.29) is 5.91 Å². The highest BCUT2D eigenvalue weighted by molar-refractivity contribution is 7.98. The number of carbonyl (C=O) groups is 1. The fourth-order valence-electron chi connectivity index (χ4n) is 2.64. The maximum Gasteiger partial charge on any atom is 0.230 e. The van der Waals surface area contributed by atoms with Gasteiger partial charge >= 0.3 is 0 Å². The van der Waals surface area contributed by atoms with Crippen LogP contribution in [0.5, 0.6) is 0 Å². The van der Waals surface area contributed by atoms with Crippen LogP contribution in [0.1, 0.15) is 17.0 Å². The summed E-state index contributed by atoms with van der Waals surface area (Å²) >= 11 is 1.66. The van der Waals surface area contributed by atoms with Crippen molar-refractivity contribution in [3.8, 4) is 0 Å². The number of pyridine rings is 1. The molecule has 118 valence electrons. The molecule has 1 amide bonds. The predicted octanol–water partition coefficient (Wildman–Crippen LogP) is 3.85. The van der Waals surface area contributed by atoms with Crippen molar-refractivity contribution in [2.45, 2.75) is 25.2 Å². The van der Waals surface area contributed by atoms with E-state index < -0.39 is 0 Å². The van der Waals surface area contributed by atoms with Gasteiger partial charge in [0.15, 0.2) is 0 Å². The Labute approximate surface area is 139 Å². The number of anilines is 1. The van der Waals surface area contributed by atoms with E-state index in [2.05, 4.69) is 10.3 Å². The molecule has 3 aromatic rings. The van der Waals surface area contributed by atoms with Crippen molar-refractivity contribution in [3.05, 3.63) is 59.5 Å². The van der Waals surface area contributed by atoms with Crippen LogP contribution in [-0.2, 0) is 11.2 Å². The van der Waals surface area contributed by atoms with Crippen molar-refractivity contribution in [2.24, 2.45) is 0 Å². The highest BCUT2D eigenvalue weighted by Gasteiger charge is 2.14. The van der Waals surface area contributed by atoms with Gasteiger partial charge in [0.1, 0.15) is 5.65 Å². The molecule has 0 atom stereocenters. The number of nitrogens with zero attached hydrogens (tertiary/aromatic N) is 2. The molecule has 3 rings (SSSR count). The Morgan fingerprint density at radius 3 is 2.87 bits per heavy atom. The smallest absolute Gasteiger partial charge is 0.230 e. The van der Waals surface area contributed by atoms with Gasteiger partial charge in [-0.05, 0) is 49.9 Å². The van der Waals surface area contributed by atoms with E-state index in [1.54, 1.807) is 11.8 Å². The first-order valence-electron chi connectivity index (χ1n) is 7.45. The van der Waals surface area contributed by atoms with Gasteiger partial charge in [0.05, 0.1) is 17.8 Å². The zero-order valence-electron chi connectivity index (χ0n) is 13.5. The molecular weight excluding hydrogens is 306 g/mol. The minimum atomic E-state index is -0.0327. The monoisotopic (exact) mass is 325 g/mol. The van der Waals surface area contributed by atoms with Crippen LogP contribution >= 0.6 is 11.8 Å². The summed E-state index contributed by atoms with van der Waals surface area (Å²) in [5.74, 6) is -0.0327. The van der Waals surface area contributed by atoms with Gasteiger partial charge in [-0.15, -0.1) is 11.8 Å². The Morgan fingerprint density at radius 2 is 2.09 bits per heavy atom. The minimum Gasteiger partial charge on any atom is -0.326 e. The molecule has 4 nitrogen and oxygen atoms in total. The van der Waals surface area contributed by atoms with Gasteiger partial charge in [0.2, 0.25) is 5.91 Å². The van der Waals surface area contributed by atoms with Crippen molar-refractivity contribution in [2.75, 3.05) is 11.6 Å². The largest absolute Gasteiger partial charge is 0.326 e. The van der Waals surface area contributed by atoms with E-state index in [0.717, 1.165) is 33.2 Å². The normalized spacial score (nSPS) is 10.9. The van der Waals surface area contributed by atoms with Crippen LogP contribution < -0.4 is 5.32 Å². The van der Waals surface area contributed by atoms with Gasteiger partial charge in [0, 0.05) is 16.8 Å². The van der Waals surface area contributed by atoms with Crippen LogP contribution in [0.3, 0.4) is 0 Å². The standard InChI is InChI=1S/C18H19N3OS/c1-12-6-5-9-21-16(13(2)19-18(12)21)11-17(22)20-14-7-4-8-15(10-14)23-3/h4-10H,11H2,1-3H3,(H,20,22). The maximum atomic E-state index is 12.4. The van der Waals surface area contributed by atoms with E-state index in [9.17, 15) is 4.79 Å². The molecule has 2 aromatic heterocycles. The van der Waals surface area contributed by atoms with Crippen LogP contribution in [0, 0.1) is 13.8 Å². The van der Waals surface area contributed by atoms with Gasteiger partial charge in [-0.3, -0.25) is 4.79 Å². The number of nitrogens with one attached hydrogen (secondary N) is 1. The second kappa shape index (κ2) is 6.46. The lowest BCUT2D eigenvalue weighted by atomic mass is 10.2. The van der Waals surface area contributed by atoms with Crippen LogP contribution in [0.25, 0.3) is 5.65 Å². The summed E-state index contributed by atoms with van der Waals surface area (Å²) < 4.78 is 2.00. The quantitative estimate of drug-likeness (QED) is 0.741. The Kier molecular flexibility index (Phi) is 4.39. The minimum absolute atomic E-state index is 0.0327. The number of aromatic nitrogens is 2. The number of hydrogen-bond acceptors (Lipinski definition) is 3. The number of amides is 1. The van der Waals surface area contributed by atoms with Crippen LogP contribution in [0.2, 0.25) is 0 Å². The molecule has 0 fully saturated rings. The van der Waals surface area contributed by atoms with Crippen LogP contribution in [-0.4, -0.2) is 21.5 Å². The summed E-state index contributed by atoms with van der Waals surface area (Å²) in [5.41, 5.74) is 4.67. The molecule has 0 saturated carbocycles. The van der Waals surface area contributed by atoms with Crippen molar-refractivity contribution in [3.63, 3.8) is 0 Å². The van der Waals surface area contributed by atoms with E-state index in [0.29, 0.717) is 6.42 Å². The lowest BCUT2D eigenvalue weighted by Crippen LogP contribution is -2.16. The summed E-state index contributed by atoms with van der Waals surface area (Å²) in [6.45, 7) is 3.98. The second-order valence-electron chi connectivity index (χ2n) is 5.49. The molecule has 0 unspecified atom stereocenters. The van der Waals surface area contributed by atoms with Gasteiger partial charge < -0.3 is 9.72 Å². The van der Waals surface area contributed by atoms with Crippen molar-refractivity contribution in [1.82, 2.24) is 9.38 Å². The Hall–Kier alpha value is -2.27. The summed E-state index contributed by atoms with van der Waals surface area (Å²) in [7, 11) is 0. The number of imidazole rings is 1. The molecule has 0 aliphatic heterocycles. The first-order valence-corrected chi connectivity index (χ1v) is 8.68. The summed E-state index contributed by atoms with van der Waals surface area (Å²) in [4.78, 5) is 18.1. The average Bonchev–Trinajstić information content (AvgIpc) is 2.85. The first kappa shape index (κ1) is 15.6. The fourth-order valence-corrected chi connectivity index (χ4v) is 3.10. The molecule has 1 aromatic carbocycles. The van der Waals surface area contributed by atoms with Crippen LogP contribution in [0.4, 0.5) is 5.69 Å².